The van der Waals surface area contributed by atoms with Crippen LogP contribution in [0, 0.1) is 5.92 Å². The molecule has 1 saturated carbocycles. The second kappa shape index (κ2) is 6.26. The Balaban J connectivity index is 1.88. The van der Waals surface area contributed by atoms with Crippen molar-refractivity contribution in [1.82, 2.24) is 5.32 Å². The highest BCUT2D eigenvalue weighted by molar-refractivity contribution is 5.89. The van der Waals surface area contributed by atoms with Gasteiger partial charge in [0.05, 0.1) is 6.04 Å². The SMILES string of the molecule is CC(NC(=O)[C@@H](N)CCc1ccccc1)(C(=O)O)C1CC1. The number of rotatable bonds is 7. The summed E-state index contributed by atoms with van der Waals surface area (Å²) in [6.45, 7) is 1.56. The number of hydrogen-bond donors (Lipinski definition) is 3. The molecule has 0 radical (unpaired) electrons. The van der Waals surface area contributed by atoms with Gasteiger partial charge in [-0.2, -0.15) is 0 Å². The van der Waals surface area contributed by atoms with Gasteiger partial charge in [-0.3, -0.25) is 4.79 Å². The summed E-state index contributed by atoms with van der Waals surface area (Å²) >= 11 is 0. The van der Waals surface area contributed by atoms with Crippen LogP contribution in [0.4, 0.5) is 0 Å². The van der Waals surface area contributed by atoms with Crippen molar-refractivity contribution in [2.24, 2.45) is 11.7 Å². The van der Waals surface area contributed by atoms with E-state index in [0.717, 1.165) is 18.4 Å². The highest BCUT2D eigenvalue weighted by Crippen LogP contribution is 2.39. The van der Waals surface area contributed by atoms with E-state index in [1.54, 1.807) is 6.92 Å². The van der Waals surface area contributed by atoms with Crippen LogP contribution in [0.25, 0.3) is 0 Å². The molecule has 0 bridgehead atoms. The van der Waals surface area contributed by atoms with Gasteiger partial charge >= 0.3 is 5.97 Å². The number of aryl methyl sites for hydroxylation is 1. The zero-order valence-corrected chi connectivity index (χ0v) is 12.2. The van der Waals surface area contributed by atoms with Gasteiger partial charge in [0.2, 0.25) is 5.91 Å². The van der Waals surface area contributed by atoms with Crippen molar-refractivity contribution in [3.8, 4) is 0 Å². The normalized spacial score (nSPS) is 18.6. The van der Waals surface area contributed by atoms with Crippen LogP contribution in [0.2, 0.25) is 0 Å². The molecule has 1 unspecified atom stereocenters. The quantitative estimate of drug-likeness (QED) is 0.706. The third-order valence-electron chi connectivity index (χ3n) is 4.14. The third kappa shape index (κ3) is 3.82. The predicted octanol–water partition coefficient (Wildman–Crippen LogP) is 1.32. The largest absolute Gasteiger partial charge is 0.480 e. The van der Waals surface area contributed by atoms with E-state index in [9.17, 15) is 14.7 Å². The Bertz CT molecular complexity index is 514. The Morgan fingerprint density at radius 1 is 1.38 bits per heavy atom. The number of carboxylic acids is 1. The minimum Gasteiger partial charge on any atom is -0.480 e. The lowest BCUT2D eigenvalue weighted by molar-refractivity contribution is -0.148. The van der Waals surface area contributed by atoms with Crippen molar-refractivity contribution in [2.45, 2.75) is 44.2 Å². The molecule has 1 aromatic carbocycles. The lowest BCUT2D eigenvalue weighted by Gasteiger charge is -2.27. The Hall–Kier alpha value is -1.88. The van der Waals surface area contributed by atoms with Gasteiger partial charge in [0.15, 0.2) is 0 Å². The van der Waals surface area contributed by atoms with Crippen LogP contribution < -0.4 is 11.1 Å². The first-order valence-corrected chi connectivity index (χ1v) is 7.28. The first-order chi connectivity index (χ1) is 9.93. The van der Waals surface area contributed by atoms with Gasteiger partial charge in [0.25, 0.3) is 0 Å². The Labute approximate surface area is 124 Å². The summed E-state index contributed by atoms with van der Waals surface area (Å²) in [5, 5.41) is 12.0. The number of nitrogens with two attached hydrogens (primary N) is 1. The second-order valence-electron chi connectivity index (χ2n) is 5.90. The van der Waals surface area contributed by atoms with Crippen LogP contribution in [-0.4, -0.2) is 28.6 Å². The van der Waals surface area contributed by atoms with Crippen molar-refractivity contribution in [3.05, 3.63) is 35.9 Å². The molecule has 1 aliphatic carbocycles. The highest BCUT2D eigenvalue weighted by atomic mass is 16.4. The fraction of sp³-hybridized carbons (Fsp3) is 0.500. The van der Waals surface area contributed by atoms with Gasteiger partial charge in [-0.25, -0.2) is 4.79 Å². The topological polar surface area (TPSA) is 92.4 Å². The minimum atomic E-state index is -1.19. The van der Waals surface area contributed by atoms with Gasteiger partial charge < -0.3 is 16.2 Å². The Kier molecular flexibility index (Phi) is 4.63. The van der Waals surface area contributed by atoms with E-state index in [0.29, 0.717) is 12.8 Å². The zero-order valence-electron chi connectivity index (χ0n) is 12.2. The summed E-state index contributed by atoms with van der Waals surface area (Å²) in [4.78, 5) is 23.5. The maximum Gasteiger partial charge on any atom is 0.329 e. The first kappa shape index (κ1) is 15.5. The molecule has 5 nitrogen and oxygen atoms in total. The number of amides is 1. The second-order valence-corrected chi connectivity index (χ2v) is 5.90. The van der Waals surface area contributed by atoms with E-state index in [1.165, 1.54) is 0 Å². The van der Waals surface area contributed by atoms with Gasteiger partial charge in [-0.05, 0) is 44.1 Å². The Morgan fingerprint density at radius 2 is 2.00 bits per heavy atom. The molecule has 0 aromatic heterocycles. The van der Waals surface area contributed by atoms with E-state index < -0.39 is 17.6 Å². The molecule has 1 aliphatic rings. The molecular formula is C16H22N2O3. The van der Waals surface area contributed by atoms with Gasteiger partial charge in [-0.15, -0.1) is 0 Å². The predicted molar refractivity (Wildman–Crippen MR) is 79.6 cm³/mol. The number of hydrogen-bond acceptors (Lipinski definition) is 3. The number of carbonyl (C=O) groups excluding carboxylic acids is 1. The maximum absolute atomic E-state index is 12.1. The van der Waals surface area contributed by atoms with Crippen molar-refractivity contribution < 1.29 is 14.7 Å². The van der Waals surface area contributed by atoms with Crippen LogP contribution in [0.3, 0.4) is 0 Å². The molecule has 114 valence electrons. The molecule has 0 aliphatic heterocycles. The zero-order chi connectivity index (χ0) is 15.5. The van der Waals surface area contributed by atoms with Crippen molar-refractivity contribution in [1.29, 1.82) is 0 Å². The molecule has 1 fully saturated rings. The number of aliphatic carboxylic acids is 1. The summed E-state index contributed by atoms with van der Waals surface area (Å²) in [5.74, 6) is -1.36. The molecule has 2 rings (SSSR count). The molecule has 0 saturated heterocycles. The average molecular weight is 290 g/mol. The number of nitrogens with one attached hydrogen (secondary N) is 1. The monoisotopic (exact) mass is 290 g/mol. The van der Waals surface area contributed by atoms with Crippen LogP contribution in [0.15, 0.2) is 30.3 Å². The standard InChI is InChI=1S/C16H22N2O3/c1-16(15(20)21,12-8-9-12)18-14(19)13(17)10-7-11-5-3-2-4-6-11/h2-6,12-13H,7-10,17H2,1H3,(H,18,19)(H,20,21)/t13-,16?/m0/s1. The fourth-order valence-electron chi connectivity index (χ4n) is 2.44. The maximum atomic E-state index is 12.1. The molecule has 1 amide bonds. The fourth-order valence-corrected chi connectivity index (χ4v) is 2.44. The summed E-state index contributed by atoms with van der Waals surface area (Å²) in [6.07, 6.45) is 2.86. The van der Waals surface area contributed by atoms with Crippen LogP contribution in [-0.2, 0) is 16.0 Å². The first-order valence-electron chi connectivity index (χ1n) is 7.28. The van der Waals surface area contributed by atoms with E-state index in [4.69, 9.17) is 5.73 Å². The Morgan fingerprint density at radius 3 is 2.52 bits per heavy atom. The minimum absolute atomic E-state index is 0.0141. The third-order valence-corrected chi connectivity index (χ3v) is 4.14. The highest BCUT2D eigenvalue weighted by Gasteiger charge is 2.48. The van der Waals surface area contributed by atoms with Crippen molar-refractivity contribution in [3.63, 3.8) is 0 Å². The molecule has 5 heteroatoms. The summed E-state index contributed by atoms with van der Waals surface area (Å²) in [6, 6.07) is 9.09. The molecule has 0 spiro atoms. The number of carboxylic acid groups (broad SMARTS) is 1. The molecular weight excluding hydrogens is 268 g/mol. The molecule has 4 N–H and O–H groups in total. The molecule has 2 atom stereocenters. The summed E-state index contributed by atoms with van der Waals surface area (Å²) in [5.41, 5.74) is 5.81. The average Bonchev–Trinajstić information content (AvgIpc) is 3.30. The number of carbonyl (C=O) groups is 2. The number of benzene rings is 1. The van der Waals surface area contributed by atoms with Gasteiger partial charge in [0.1, 0.15) is 5.54 Å². The van der Waals surface area contributed by atoms with Gasteiger partial charge in [-0.1, -0.05) is 30.3 Å². The van der Waals surface area contributed by atoms with Crippen LogP contribution in [0.5, 0.6) is 0 Å². The molecule has 1 aromatic rings. The summed E-state index contributed by atoms with van der Waals surface area (Å²) < 4.78 is 0. The smallest absolute Gasteiger partial charge is 0.329 e. The van der Waals surface area contributed by atoms with Crippen LogP contribution in [0.1, 0.15) is 31.7 Å². The van der Waals surface area contributed by atoms with E-state index in [2.05, 4.69) is 5.32 Å². The van der Waals surface area contributed by atoms with Crippen molar-refractivity contribution in [2.75, 3.05) is 0 Å². The lowest BCUT2D eigenvalue weighted by atomic mass is 9.95. The molecule has 21 heavy (non-hydrogen) atoms. The van der Waals surface area contributed by atoms with Crippen molar-refractivity contribution >= 4 is 11.9 Å². The van der Waals surface area contributed by atoms with Crippen LogP contribution >= 0.6 is 0 Å². The van der Waals surface area contributed by atoms with Gasteiger partial charge in [0, 0.05) is 0 Å². The lowest BCUT2D eigenvalue weighted by Crippen LogP contribution is -2.57. The van der Waals surface area contributed by atoms with E-state index in [-0.39, 0.29) is 11.8 Å². The summed E-state index contributed by atoms with van der Waals surface area (Å²) in [7, 11) is 0. The van der Waals surface area contributed by atoms with E-state index >= 15 is 0 Å². The van der Waals surface area contributed by atoms with E-state index in [1.807, 2.05) is 30.3 Å². The molecule has 0 heterocycles.